The maximum Gasteiger partial charge on any atom is 0.472 e. The number of carbonyl (C=O) groups excluding carboxylic acids is 4. The number of phosphoric ester groups is 2. The molecule has 2 unspecified atom stereocenters. The lowest BCUT2D eigenvalue weighted by Gasteiger charge is -2.21. The van der Waals surface area contributed by atoms with Gasteiger partial charge in [-0.15, -0.1) is 0 Å². The van der Waals surface area contributed by atoms with Gasteiger partial charge in [-0.2, -0.15) is 0 Å². The molecule has 19 heteroatoms. The van der Waals surface area contributed by atoms with Crippen molar-refractivity contribution >= 4 is 39.5 Å². The Bertz CT molecular complexity index is 878. The van der Waals surface area contributed by atoms with E-state index in [0.29, 0.717) is 0 Å². The summed E-state index contributed by atoms with van der Waals surface area (Å²) in [4.78, 5) is 64.8. The number of carbonyl (C=O) groups is 4. The molecule has 0 amide bonds. The molecule has 0 aliphatic heterocycles. The van der Waals surface area contributed by atoms with E-state index in [1.165, 1.54) is 20.8 Å². The molecule has 0 bridgehead atoms. The largest absolute Gasteiger partial charge is 0.472 e. The molecule has 0 saturated heterocycles. The van der Waals surface area contributed by atoms with Gasteiger partial charge in [-0.05, 0) is 0 Å². The van der Waals surface area contributed by atoms with Crippen molar-refractivity contribution in [2.45, 2.75) is 65.3 Å². The molecule has 0 aromatic carbocycles. The fourth-order valence-corrected chi connectivity index (χ4v) is 3.73. The molecular formula is C20H36O17P2. The van der Waals surface area contributed by atoms with E-state index >= 15 is 0 Å². The van der Waals surface area contributed by atoms with Crippen LogP contribution in [0.1, 0.15) is 47.0 Å². The molecular weight excluding hydrogens is 574 g/mol. The molecule has 0 saturated carbocycles. The predicted molar refractivity (Wildman–Crippen MR) is 128 cm³/mol. The highest BCUT2D eigenvalue weighted by atomic mass is 31.2. The Balaban J connectivity index is 4.68. The Kier molecular flexibility index (Phi) is 18.2. The third-order valence-electron chi connectivity index (χ3n) is 4.06. The van der Waals surface area contributed by atoms with Crippen molar-refractivity contribution in [1.82, 2.24) is 0 Å². The van der Waals surface area contributed by atoms with Gasteiger partial charge in [0.15, 0.2) is 12.2 Å². The van der Waals surface area contributed by atoms with Crippen LogP contribution in [0.5, 0.6) is 0 Å². The Hall–Kier alpha value is -1.94. The minimum Gasteiger partial charge on any atom is -0.462 e. The van der Waals surface area contributed by atoms with Crippen molar-refractivity contribution in [3.63, 3.8) is 0 Å². The lowest BCUT2D eigenvalue weighted by molar-refractivity contribution is -0.160. The van der Waals surface area contributed by atoms with Crippen LogP contribution in [0.25, 0.3) is 0 Å². The first-order valence-electron chi connectivity index (χ1n) is 11.7. The van der Waals surface area contributed by atoms with Gasteiger partial charge >= 0.3 is 39.5 Å². The van der Waals surface area contributed by atoms with Crippen LogP contribution in [0.2, 0.25) is 0 Å². The number of aliphatic hydroxyl groups is 1. The molecule has 17 nitrogen and oxygen atoms in total. The minimum absolute atomic E-state index is 0.0210. The number of ether oxygens (including phenoxy) is 4. The SMILES string of the molecule is CCC(=O)OC[C@H](COP(=O)(O)OC[C@H](O)COP(=O)(O)OC[C@@H](COC(=O)CC)OC(=O)CC)OC(C)=O. The van der Waals surface area contributed by atoms with E-state index in [9.17, 15) is 43.2 Å². The molecule has 0 radical (unpaired) electrons. The zero-order chi connectivity index (χ0) is 30.1. The number of phosphoric acid groups is 2. The highest BCUT2D eigenvalue weighted by Crippen LogP contribution is 2.45. The summed E-state index contributed by atoms with van der Waals surface area (Å²) >= 11 is 0. The molecule has 3 N–H and O–H groups in total. The fraction of sp³-hybridized carbons (Fsp3) is 0.800. The molecule has 0 aromatic rings. The second-order valence-electron chi connectivity index (χ2n) is 7.54. The van der Waals surface area contributed by atoms with E-state index in [2.05, 4.69) is 13.6 Å². The maximum absolute atomic E-state index is 12.1. The summed E-state index contributed by atoms with van der Waals surface area (Å²) < 4.78 is 62.0. The van der Waals surface area contributed by atoms with E-state index in [1.54, 1.807) is 0 Å². The third kappa shape index (κ3) is 19.7. The van der Waals surface area contributed by atoms with Gasteiger partial charge in [-0.3, -0.25) is 37.3 Å². The van der Waals surface area contributed by atoms with Crippen molar-refractivity contribution in [2.24, 2.45) is 0 Å². The lowest BCUT2D eigenvalue weighted by Crippen LogP contribution is -2.29. The van der Waals surface area contributed by atoms with Crippen molar-refractivity contribution in [1.29, 1.82) is 0 Å². The van der Waals surface area contributed by atoms with Crippen LogP contribution in [0.3, 0.4) is 0 Å². The van der Waals surface area contributed by atoms with Crippen LogP contribution < -0.4 is 0 Å². The Morgan fingerprint density at radius 3 is 1.33 bits per heavy atom. The summed E-state index contributed by atoms with van der Waals surface area (Å²) in [6.45, 7) is 1.53. The highest BCUT2D eigenvalue weighted by Gasteiger charge is 2.29. The fourth-order valence-electron chi connectivity index (χ4n) is 2.15. The predicted octanol–water partition coefficient (Wildman–Crippen LogP) is 0.774. The second-order valence-corrected chi connectivity index (χ2v) is 10.5. The van der Waals surface area contributed by atoms with Gasteiger partial charge in [0.25, 0.3) is 0 Å². The number of hydrogen-bond acceptors (Lipinski definition) is 15. The van der Waals surface area contributed by atoms with Gasteiger partial charge in [0.05, 0.1) is 26.4 Å². The summed E-state index contributed by atoms with van der Waals surface area (Å²) in [5.74, 6) is -2.67. The first-order valence-corrected chi connectivity index (χ1v) is 14.7. The van der Waals surface area contributed by atoms with Gasteiger partial charge in [-0.1, -0.05) is 20.8 Å². The molecule has 0 aliphatic rings. The normalized spacial score (nSPS) is 16.6. The summed E-state index contributed by atoms with van der Waals surface area (Å²) in [7, 11) is -9.65. The topological polar surface area (TPSA) is 237 Å². The smallest absolute Gasteiger partial charge is 0.462 e. The maximum atomic E-state index is 12.1. The number of aliphatic hydroxyl groups excluding tert-OH is 1. The molecule has 0 aromatic heterocycles. The van der Waals surface area contributed by atoms with Crippen molar-refractivity contribution in [3.8, 4) is 0 Å². The lowest BCUT2D eigenvalue weighted by atomic mass is 10.4. The van der Waals surface area contributed by atoms with E-state index < -0.39 is 97.5 Å². The first-order chi connectivity index (χ1) is 18.1. The van der Waals surface area contributed by atoms with Crippen LogP contribution in [-0.4, -0.2) is 96.7 Å². The third-order valence-corrected chi connectivity index (χ3v) is 5.97. The Morgan fingerprint density at radius 2 is 0.974 bits per heavy atom. The molecule has 0 spiro atoms. The van der Waals surface area contributed by atoms with E-state index in [0.717, 1.165) is 6.92 Å². The Labute approximate surface area is 225 Å². The molecule has 0 fully saturated rings. The van der Waals surface area contributed by atoms with E-state index in [1.807, 2.05) is 0 Å². The van der Waals surface area contributed by atoms with Gasteiger partial charge in [-0.25, -0.2) is 9.13 Å². The van der Waals surface area contributed by atoms with Crippen molar-refractivity contribution in [2.75, 3.05) is 39.6 Å². The van der Waals surface area contributed by atoms with Gasteiger partial charge in [0.2, 0.25) is 0 Å². The zero-order valence-electron chi connectivity index (χ0n) is 22.0. The van der Waals surface area contributed by atoms with Crippen molar-refractivity contribution < 1.29 is 80.2 Å². The van der Waals surface area contributed by atoms with E-state index in [4.69, 9.17) is 23.5 Å². The second kappa shape index (κ2) is 19.2. The molecule has 39 heavy (non-hydrogen) atoms. The number of rotatable bonds is 21. The van der Waals surface area contributed by atoms with E-state index in [-0.39, 0.29) is 19.3 Å². The molecule has 0 aliphatic carbocycles. The van der Waals surface area contributed by atoms with Crippen LogP contribution in [0.15, 0.2) is 0 Å². The van der Waals surface area contributed by atoms with Crippen LogP contribution in [0, 0.1) is 0 Å². The van der Waals surface area contributed by atoms with Crippen molar-refractivity contribution in [3.05, 3.63) is 0 Å². The average molecular weight is 610 g/mol. The van der Waals surface area contributed by atoms with Gasteiger partial charge in [0, 0.05) is 26.2 Å². The summed E-state index contributed by atoms with van der Waals surface area (Å²) in [5.41, 5.74) is 0. The molecule has 0 rings (SSSR count). The minimum atomic E-state index is -4.83. The summed E-state index contributed by atoms with van der Waals surface area (Å²) in [6.07, 6.45) is -4.09. The van der Waals surface area contributed by atoms with Crippen LogP contribution in [0.4, 0.5) is 0 Å². The zero-order valence-corrected chi connectivity index (χ0v) is 23.8. The standard InChI is InChI=1S/C20H36O17P2/c1-5-18(23)30-10-16(36-14(4)21)12-34-38(26,27)32-8-15(22)9-33-39(28,29)35-13-17(37-20(25)7-3)11-31-19(24)6-2/h15-17,22H,5-13H2,1-4H3,(H,26,27)(H,28,29)/t15-,16+,17+/m0/s1. The quantitative estimate of drug-likeness (QED) is 0.0924. The Morgan fingerprint density at radius 1 is 0.615 bits per heavy atom. The molecule has 5 atom stereocenters. The first kappa shape index (κ1) is 37.1. The molecule has 228 valence electrons. The van der Waals surface area contributed by atoms with Gasteiger partial charge < -0.3 is 33.8 Å². The van der Waals surface area contributed by atoms with Crippen LogP contribution in [-0.2, 0) is 65.4 Å². The van der Waals surface area contributed by atoms with Crippen LogP contribution >= 0.6 is 15.6 Å². The monoisotopic (exact) mass is 610 g/mol. The van der Waals surface area contributed by atoms with Gasteiger partial charge in [0.1, 0.15) is 19.3 Å². The summed E-state index contributed by atoms with van der Waals surface area (Å²) in [5, 5.41) is 9.87. The highest BCUT2D eigenvalue weighted by molar-refractivity contribution is 7.47. The number of hydrogen-bond donors (Lipinski definition) is 3. The number of esters is 4. The summed E-state index contributed by atoms with van der Waals surface area (Å²) in [6, 6.07) is 0. The molecule has 0 heterocycles. The average Bonchev–Trinajstić information content (AvgIpc) is 2.88.